The molecule has 2 bridgehead atoms. The van der Waals surface area contributed by atoms with Gasteiger partial charge in [0.05, 0.1) is 12.2 Å². The molecule has 1 amide bonds. The third-order valence-electron chi connectivity index (χ3n) is 8.91. The van der Waals surface area contributed by atoms with E-state index in [4.69, 9.17) is 11.6 Å². The molecule has 2 saturated heterocycles. The summed E-state index contributed by atoms with van der Waals surface area (Å²) in [5.74, 6) is -0.170. The molecule has 2 unspecified atom stereocenters. The van der Waals surface area contributed by atoms with Gasteiger partial charge < -0.3 is 9.88 Å². The average molecular weight is 606 g/mol. The zero-order chi connectivity index (χ0) is 30.8. The van der Waals surface area contributed by atoms with Crippen LogP contribution in [0.2, 0.25) is 5.02 Å². The average Bonchev–Trinajstić information content (AvgIpc) is 3.52. The maximum Gasteiger partial charge on any atom is 0.251 e. The Morgan fingerprint density at radius 2 is 1.39 bits per heavy atom. The highest BCUT2D eigenvalue weighted by Crippen LogP contribution is 2.43. The summed E-state index contributed by atoms with van der Waals surface area (Å²) in [7, 11) is 1.82. The van der Waals surface area contributed by atoms with Crippen molar-refractivity contribution in [2.45, 2.75) is 44.7 Å². The number of carbonyl (C=O) groups is 3. The summed E-state index contributed by atoms with van der Waals surface area (Å²) < 4.78 is 1.76. The van der Waals surface area contributed by atoms with E-state index in [2.05, 4.69) is 46.6 Å². The predicted molar refractivity (Wildman–Crippen MR) is 174 cm³/mol. The number of aryl methyl sites for hydroxylation is 1. The van der Waals surface area contributed by atoms with E-state index in [-0.39, 0.29) is 29.6 Å². The number of nitrogens with zero attached hydrogens (tertiary/aromatic N) is 2. The lowest BCUT2D eigenvalue weighted by Crippen LogP contribution is -2.44. The van der Waals surface area contributed by atoms with Gasteiger partial charge in [-0.1, -0.05) is 59.6 Å². The number of hydrogen-bond donors (Lipinski definition) is 1. The summed E-state index contributed by atoms with van der Waals surface area (Å²) in [5.41, 5.74) is 7.12. The van der Waals surface area contributed by atoms with Gasteiger partial charge in [0.2, 0.25) is 0 Å². The number of piperidine rings is 1. The van der Waals surface area contributed by atoms with Gasteiger partial charge in [-0.2, -0.15) is 0 Å². The first-order valence-corrected chi connectivity index (χ1v) is 15.6. The van der Waals surface area contributed by atoms with E-state index in [0.717, 1.165) is 31.2 Å². The summed E-state index contributed by atoms with van der Waals surface area (Å²) in [6, 6.07) is 27.4. The topological polar surface area (TPSA) is 71.4 Å². The highest BCUT2D eigenvalue weighted by Gasteiger charge is 2.40. The van der Waals surface area contributed by atoms with Crippen LogP contribution in [0.15, 0.2) is 96.7 Å². The number of aromatic nitrogens is 1. The smallest absolute Gasteiger partial charge is 0.251 e. The molecular weight excluding hydrogens is 570 g/mol. The van der Waals surface area contributed by atoms with E-state index in [0.29, 0.717) is 40.5 Å². The first-order valence-electron chi connectivity index (χ1n) is 15.2. The molecule has 3 aromatic carbocycles. The molecule has 2 aliphatic heterocycles. The van der Waals surface area contributed by atoms with E-state index >= 15 is 0 Å². The summed E-state index contributed by atoms with van der Waals surface area (Å²) in [6.07, 6.45) is 5.61. The van der Waals surface area contributed by atoms with Crippen molar-refractivity contribution in [3.63, 3.8) is 0 Å². The number of halogens is 1. The first-order chi connectivity index (χ1) is 21.3. The van der Waals surface area contributed by atoms with Crippen LogP contribution in [-0.2, 0) is 7.05 Å². The van der Waals surface area contributed by atoms with Crippen LogP contribution < -0.4 is 5.32 Å². The quantitative estimate of drug-likeness (QED) is 0.209. The molecule has 0 aliphatic carbocycles. The van der Waals surface area contributed by atoms with E-state index in [1.165, 1.54) is 16.7 Å². The maximum atomic E-state index is 13.6. The molecule has 6 rings (SSSR count). The second-order valence-electron chi connectivity index (χ2n) is 11.7. The third-order valence-corrected chi connectivity index (χ3v) is 9.16. The largest absolute Gasteiger partial charge is 0.352 e. The van der Waals surface area contributed by atoms with Gasteiger partial charge in [-0.15, -0.1) is 0 Å². The second kappa shape index (κ2) is 12.8. The molecule has 6 nitrogen and oxygen atoms in total. The SMILES string of the molecule is CCNC(=O)c1ccc(C(=C2CC3CCC(C2)N3CC(=O)c2cc(C(=O)c3ccc(Cl)cc3)cn2C)c2ccccc2)cc1. The second-order valence-corrected chi connectivity index (χ2v) is 12.2. The van der Waals surface area contributed by atoms with Gasteiger partial charge in [-0.05, 0) is 91.8 Å². The number of ketones is 2. The third kappa shape index (κ3) is 6.05. The van der Waals surface area contributed by atoms with Crippen molar-refractivity contribution in [2.75, 3.05) is 13.1 Å². The number of carbonyl (C=O) groups excluding carboxylic acids is 3. The standard InChI is InChI=1S/C37H36ClN3O3/c1-3-39-37(44)27-11-9-25(10-12-27)35(24-7-5-4-6-8-24)28-19-31-17-18-32(20-28)41(31)23-34(42)33-21-29(22-40(33)2)36(43)26-13-15-30(38)16-14-26/h4-16,21-22,31-32H,3,17-20,23H2,1-2H3,(H,39,44). The Kier molecular flexibility index (Phi) is 8.65. The molecule has 2 atom stereocenters. The molecule has 1 N–H and O–H groups in total. The lowest BCUT2D eigenvalue weighted by atomic mass is 9.85. The number of fused-ring (bicyclic) bond motifs is 2. The van der Waals surface area contributed by atoms with E-state index in [9.17, 15) is 14.4 Å². The molecule has 224 valence electrons. The molecule has 4 aromatic rings. The van der Waals surface area contributed by atoms with Crippen LogP contribution in [0.3, 0.4) is 0 Å². The van der Waals surface area contributed by atoms with Crippen LogP contribution in [0, 0.1) is 0 Å². The van der Waals surface area contributed by atoms with E-state index in [1.54, 1.807) is 41.1 Å². The van der Waals surface area contributed by atoms with Crippen LogP contribution >= 0.6 is 11.6 Å². The van der Waals surface area contributed by atoms with Crippen molar-refractivity contribution >= 4 is 34.6 Å². The molecule has 0 radical (unpaired) electrons. The van der Waals surface area contributed by atoms with Gasteiger partial charge in [0, 0.05) is 53.6 Å². The van der Waals surface area contributed by atoms with Gasteiger partial charge in [-0.25, -0.2) is 0 Å². The monoisotopic (exact) mass is 605 g/mol. The van der Waals surface area contributed by atoms with E-state index in [1.807, 2.05) is 32.2 Å². The highest BCUT2D eigenvalue weighted by molar-refractivity contribution is 6.30. The molecule has 0 spiro atoms. The number of amides is 1. The normalized spacial score (nSPS) is 17.8. The Morgan fingerprint density at radius 3 is 2.02 bits per heavy atom. The minimum atomic E-state index is -0.128. The fourth-order valence-electron chi connectivity index (χ4n) is 6.78. The lowest BCUT2D eigenvalue weighted by molar-refractivity contribution is 0.0852. The molecule has 3 heterocycles. The molecule has 0 saturated carbocycles. The summed E-state index contributed by atoms with van der Waals surface area (Å²) >= 11 is 5.99. The molecule has 1 aromatic heterocycles. The summed E-state index contributed by atoms with van der Waals surface area (Å²) in [4.78, 5) is 41.4. The molecular formula is C37H36ClN3O3. The minimum absolute atomic E-state index is 0.0243. The lowest BCUT2D eigenvalue weighted by Gasteiger charge is -2.37. The molecule has 2 aliphatic rings. The van der Waals surface area contributed by atoms with Gasteiger partial charge in [-0.3, -0.25) is 19.3 Å². The Balaban J connectivity index is 1.23. The molecule has 7 heteroatoms. The number of hydrogen-bond acceptors (Lipinski definition) is 4. The van der Waals surface area contributed by atoms with Crippen molar-refractivity contribution in [1.82, 2.24) is 14.8 Å². The van der Waals surface area contributed by atoms with Crippen molar-refractivity contribution in [3.05, 3.63) is 135 Å². The van der Waals surface area contributed by atoms with Gasteiger partial charge in [0.15, 0.2) is 11.6 Å². The highest BCUT2D eigenvalue weighted by atomic mass is 35.5. The van der Waals surface area contributed by atoms with Crippen LogP contribution in [0.4, 0.5) is 0 Å². The Hall–Kier alpha value is -4.26. The Morgan fingerprint density at radius 1 is 0.795 bits per heavy atom. The molecule has 44 heavy (non-hydrogen) atoms. The van der Waals surface area contributed by atoms with Crippen LogP contribution in [0.25, 0.3) is 5.57 Å². The zero-order valence-corrected chi connectivity index (χ0v) is 25.8. The van der Waals surface area contributed by atoms with Crippen LogP contribution in [0.1, 0.15) is 80.5 Å². The minimum Gasteiger partial charge on any atom is -0.352 e. The Labute approximate surface area is 263 Å². The van der Waals surface area contributed by atoms with E-state index < -0.39 is 0 Å². The zero-order valence-electron chi connectivity index (χ0n) is 25.1. The fourth-order valence-corrected chi connectivity index (χ4v) is 6.90. The maximum absolute atomic E-state index is 13.6. The number of nitrogens with one attached hydrogen (secondary N) is 1. The van der Waals surface area contributed by atoms with Crippen molar-refractivity contribution in [2.24, 2.45) is 7.05 Å². The first kappa shape index (κ1) is 29.8. The van der Waals surface area contributed by atoms with Crippen molar-refractivity contribution in [1.29, 1.82) is 0 Å². The number of benzene rings is 3. The Bertz CT molecular complexity index is 1710. The fraction of sp³-hybridized carbons (Fsp3) is 0.270. The van der Waals surface area contributed by atoms with Crippen molar-refractivity contribution < 1.29 is 14.4 Å². The van der Waals surface area contributed by atoms with Crippen molar-refractivity contribution in [3.8, 4) is 0 Å². The van der Waals surface area contributed by atoms with Gasteiger partial charge in [0.1, 0.15) is 0 Å². The van der Waals surface area contributed by atoms with Crippen LogP contribution in [0.5, 0.6) is 0 Å². The van der Waals surface area contributed by atoms with Crippen LogP contribution in [-0.4, -0.2) is 52.1 Å². The summed E-state index contributed by atoms with van der Waals surface area (Å²) in [5, 5.41) is 3.44. The van der Waals surface area contributed by atoms with Gasteiger partial charge in [0.25, 0.3) is 5.91 Å². The summed E-state index contributed by atoms with van der Waals surface area (Å²) in [6.45, 7) is 2.84. The number of Topliss-reactive ketones (excluding diaryl/α,β-unsaturated/α-hetero) is 1. The van der Waals surface area contributed by atoms with Gasteiger partial charge >= 0.3 is 0 Å². The number of rotatable bonds is 9. The molecule has 2 fully saturated rings. The predicted octanol–water partition coefficient (Wildman–Crippen LogP) is 6.97.